The Morgan fingerprint density at radius 2 is 2.22 bits per heavy atom. The van der Waals surface area contributed by atoms with Crippen LogP contribution in [0.5, 0.6) is 0 Å². The number of hydrogen-bond acceptors (Lipinski definition) is 5. The fourth-order valence-corrected chi connectivity index (χ4v) is 1.43. The molecule has 92 valence electrons. The number of carbonyl (C=O) groups is 1. The van der Waals surface area contributed by atoms with Gasteiger partial charge in [-0.2, -0.15) is 5.10 Å². The monoisotopic (exact) mass is 268 g/mol. The number of nitrogens with zero attached hydrogens (tertiary/aromatic N) is 4. The van der Waals surface area contributed by atoms with Gasteiger partial charge in [-0.25, -0.2) is 14.5 Å². The second-order valence-corrected chi connectivity index (χ2v) is 3.63. The van der Waals surface area contributed by atoms with Gasteiger partial charge in [0.15, 0.2) is 5.82 Å². The van der Waals surface area contributed by atoms with Gasteiger partial charge in [0.1, 0.15) is 12.4 Å². The van der Waals surface area contributed by atoms with E-state index in [1.54, 1.807) is 0 Å². The summed E-state index contributed by atoms with van der Waals surface area (Å²) in [7, 11) is 0. The summed E-state index contributed by atoms with van der Waals surface area (Å²) in [4.78, 5) is 24.6. The molecule has 0 unspecified atom stereocenters. The van der Waals surface area contributed by atoms with Crippen molar-refractivity contribution in [3.8, 4) is 5.82 Å². The molecule has 1 N–H and O–H groups in total. The topological polar surface area (TPSA) is 111 Å². The van der Waals surface area contributed by atoms with Gasteiger partial charge in [0.2, 0.25) is 0 Å². The molecule has 18 heavy (non-hydrogen) atoms. The predicted molar refractivity (Wildman–Crippen MR) is 60.0 cm³/mol. The van der Waals surface area contributed by atoms with Gasteiger partial charge in [-0.15, -0.1) is 0 Å². The molecule has 0 saturated carbocycles. The van der Waals surface area contributed by atoms with Gasteiger partial charge in [-0.05, 0) is 6.07 Å². The Morgan fingerprint density at radius 3 is 2.78 bits per heavy atom. The molecule has 2 rings (SSSR count). The maximum Gasteiger partial charge on any atom is 0.337 e. The van der Waals surface area contributed by atoms with Crippen LogP contribution < -0.4 is 0 Å². The Kier molecular flexibility index (Phi) is 2.94. The van der Waals surface area contributed by atoms with Crippen molar-refractivity contribution in [3.63, 3.8) is 0 Å². The van der Waals surface area contributed by atoms with Crippen LogP contribution in [-0.2, 0) is 0 Å². The Bertz CT molecular complexity index is 639. The maximum atomic E-state index is 10.9. The number of halogens is 1. The van der Waals surface area contributed by atoms with Crippen LogP contribution >= 0.6 is 11.6 Å². The predicted octanol–water partition coefficient (Wildman–Crippen LogP) is 1.53. The first-order chi connectivity index (χ1) is 8.49. The van der Waals surface area contributed by atoms with Crippen molar-refractivity contribution < 1.29 is 14.8 Å². The highest BCUT2D eigenvalue weighted by molar-refractivity contribution is 6.33. The molecule has 0 aromatic carbocycles. The molecule has 2 aromatic rings. The fraction of sp³-hybridized carbons (Fsp3) is 0. The third kappa shape index (κ3) is 2.13. The molecule has 0 saturated heterocycles. The van der Waals surface area contributed by atoms with Crippen LogP contribution in [0.1, 0.15) is 10.4 Å². The summed E-state index contributed by atoms with van der Waals surface area (Å²) in [6.45, 7) is 0. The summed E-state index contributed by atoms with van der Waals surface area (Å²) >= 11 is 5.65. The standard InChI is InChI=1S/C9H5ClN4O4/c10-7-3-11-8(1-6(7)9(15)16)13-4-5(2-12-13)14(17)18/h1-4H,(H,15,16). The quantitative estimate of drug-likeness (QED) is 0.667. The number of carboxylic acid groups (broad SMARTS) is 1. The second kappa shape index (κ2) is 4.41. The third-order valence-corrected chi connectivity index (χ3v) is 2.39. The van der Waals surface area contributed by atoms with Crippen molar-refractivity contribution in [2.75, 3.05) is 0 Å². The zero-order valence-electron chi connectivity index (χ0n) is 8.65. The molecule has 0 amide bonds. The van der Waals surface area contributed by atoms with E-state index in [1.807, 2.05) is 0 Å². The van der Waals surface area contributed by atoms with E-state index in [2.05, 4.69) is 10.1 Å². The summed E-state index contributed by atoms with van der Waals surface area (Å²) < 4.78 is 1.10. The average molecular weight is 269 g/mol. The van der Waals surface area contributed by atoms with Gasteiger partial charge in [0.05, 0.1) is 15.5 Å². The molecule has 0 bridgehead atoms. The lowest BCUT2D eigenvalue weighted by Crippen LogP contribution is -2.03. The number of rotatable bonds is 3. The van der Waals surface area contributed by atoms with Gasteiger partial charge in [-0.3, -0.25) is 10.1 Å². The summed E-state index contributed by atoms with van der Waals surface area (Å²) in [6, 6.07) is 1.18. The van der Waals surface area contributed by atoms with Crippen molar-refractivity contribution in [1.29, 1.82) is 0 Å². The molecule has 0 radical (unpaired) electrons. The second-order valence-electron chi connectivity index (χ2n) is 3.23. The van der Waals surface area contributed by atoms with E-state index in [0.717, 1.165) is 23.3 Å². The highest BCUT2D eigenvalue weighted by Gasteiger charge is 2.14. The minimum Gasteiger partial charge on any atom is -0.478 e. The first-order valence-electron chi connectivity index (χ1n) is 4.57. The zero-order valence-corrected chi connectivity index (χ0v) is 9.40. The van der Waals surface area contributed by atoms with Gasteiger partial charge in [0, 0.05) is 6.20 Å². The number of pyridine rings is 1. The van der Waals surface area contributed by atoms with Crippen molar-refractivity contribution in [3.05, 3.63) is 45.4 Å². The first-order valence-corrected chi connectivity index (χ1v) is 4.95. The van der Waals surface area contributed by atoms with E-state index in [-0.39, 0.29) is 22.1 Å². The van der Waals surface area contributed by atoms with E-state index < -0.39 is 10.9 Å². The normalized spacial score (nSPS) is 10.3. The minimum absolute atomic E-state index is 0.0205. The lowest BCUT2D eigenvalue weighted by molar-refractivity contribution is -0.384. The van der Waals surface area contributed by atoms with Crippen LogP contribution in [0.3, 0.4) is 0 Å². The fourth-order valence-electron chi connectivity index (χ4n) is 1.25. The largest absolute Gasteiger partial charge is 0.478 e. The highest BCUT2D eigenvalue weighted by Crippen LogP contribution is 2.18. The van der Waals surface area contributed by atoms with Crippen LogP contribution in [0.4, 0.5) is 5.69 Å². The molecule has 0 atom stereocenters. The third-order valence-electron chi connectivity index (χ3n) is 2.09. The van der Waals surface area contributed by atoms with Gasteiger partial charge < -0.3 is 5.11 Å². The highest BCUT2D eigenvalue weighted by atomic mass is 35.5. The summed E-state index contributed by atoms with van der Waals surface area (Å²) in [5, 5.41) is 23.1. The molecule has 0 fully saturated rings. The summed E-state index contributed by atoms with van der Waals surface area (Å²) in [6.07, 6.45) is 3.31. The van der Waals surface area contributed by atoms with E-state index in [0.29, 0.717) is 0 Å². The van der Waals surface area contributed by atoms with Crippen LogP contribution in [0.15, 0.2) is 24.7 Å². The SMILES string of the molecule is O=C(O)c1cc(-n2cc([N+](=O)[O-])cn2)ncc1Cl. The van der Waals surface area contributed by atoms with E-state index >= 15 is 0 Å². The van der Waals surface area contributed by atoms with Crippen LogP contribution in [0, 0.1) is 10.1 Å². The van der Waals surface area contributed by atoms with Crippen LogP contribution in [0.25, 0.3) is 5.82 Å². The molecule has 0 aliphatic rings. The molecular formula is C9H5ClN4O4. The van der Waals surface area contributed by atoms with Gasteiger partial charge >= 0.3 is 11.7 Å². The number of aromatic nitrogens is 3. The molecule has 2 heterocycles. The Labute approximate surface area is 105 Å². The number of carboxylic acids is 1. The van der Waals surface area contributed by atoms with Gasteiger partial charge in [0.25, 0.3) is 0 Å². The van der Waals surface area contributed by atoms with E-state index in [1.165, 1.54) is 6.07 Å². The Hall–Kier alpha value is -2.48. The van der Waals surface area contributed by atoms with Crippen molar-refractivity contribution in [1.82, 2.24) is 14.8 Å². The minimum atomic E-state index is -1.22. The average Bonchev–Trinajstić information content (AvgIpc) is 2.78. The van der Waals surface area contributed by atoms with E-state index in [4.69, 9.17) is 16.7 Å². The van der Waals surface area contributed by atoms with Crippen LogP contribution in [-0.4, -0.2) is 30.8 Å². The molecule has 0 aliphatic carbocycles. The molecular weight excluding hydrogens is 264 g/mol. The van der Waals surface area contributed by atoms with Gasteiger partial charge in [-0.1, -0.05) is 11.6 Å². The molecule has 9 heteroatoms. The Morgan fingerprint density at radius 1 is 1.50 bits per heavy atom. The molecule has 2 aromatic heterocycles. The molecule has 0 spiro atoms. The lowest BCUT2D eigenvalue weighted by Gasteiger charge is -2.02. The Balaban J connectivity index is 2.47. The lowest BCUT2D eigenvalue weighted by atomic mass is 10.2. The van der Waals surface area contributed by atoms with Crippen LogP contribution in [0.2, 0.25) is 5.02 Å². The number of hydrogen-bond donors (Lipinski definition) is 1. The van der Waals surface area contributed by atoms with E-state index in [9.17, 15) is 14.9 Å². The van der Waals surface area contributed by atoms with Crippen molar-refractivity contribution >= 4 is 23.3 Å². The number of aromatic carboxylic acids is 1. The number of nitro groups is 1. The van der Waals surface area contributed by atoms with Crippen molar-refractivity contribution in [2.45, 2.75) is 0 Å². The first kappa shape index (κ1) is 12.0. The summed E-state index contributed by atoms with van der Waals surface area (Å²) in [5.74, 6) is -1.09. The molecule has 0 aliphatic heterocycles. The smallest absolute Gasteiger partial charge is 0.337 e. The zero-order chi connectivity index (χ0) is 13.3. The summed E-state index contributed by atoms with van der Waals surface area (Å²) in [5.41, 5.74) is -0.372. The van der Waals surface area contributed by atoms with Crippen molar-refractivity contribution in [2.24, 2.45) is 0 Å². The molecule has 8 nitrogen and oxygen atoms in total. The maximum absolute atomic E-state index is 10.9.